The molecule has 0 saturated carbocycles. The second kappa shape index (κ2) is 6.66. The monoisotopic (exact) mass is 235 g/mol. The number of carbonyl (C=O) groups is 1. The molecule has 4 heteroatoms. The van der Waals surface area contributed by atoms with E-state index in [1.54, 1.807) is 13.0 Å². The molecule has 0 saturated heterocycles. The number of halogens is 1. The van der Waals surface area contributed by atoms with E-state index in [4.69, 9.17) is 10.5 Å². The molecule has 0 heterocycles. The van der Waals surface area contributed by atoms with Gasteiger partial charge in [-0.25, -0.2) is 4.39 Å². The lowest BCUT2D eigenvalue weighted by atomic mass is 10.1. The van der Waals surface area contributed by atoms with Crippen molar-refractivity contribution in [1.82, 2.24) is 0 Å². The Kier molecular flexibility index (Phi) is 5.18. The molecule has 3 nitrogen and oxygen atoms in total. The van der Waals surface area contributed by atoms with E-state index in [1.165, 1.54) is 12.1 Å². The molecule has 0 unspecified atom stereocenters. The topological polar surface area (TPSA) is 52.3 Å². The molecule has 0 aliphatic rings. The lowest BCUT2D eigenvalue weighted by molar-refractivity contribution is -0.141. The Hall–Kier alpha value is -1.86. The fraction of sp³-hybridized carbons (Fsp3) is 0.308. The van der Waals surface area contributed by atoms with E-state index < -0.39 is 0 Å². The van der Waals surface area contributed by atoms with Gasteiger partial charge in [-0.3, -0.25) is 4.79 Å². The van der Waals surface area contributed by atoms with Crippen molar-refractivity contribution < 1.29 is 13.9 Å². The summed E-state index contributed by atoms with van der Waals surface area (Å²) < 4.78 is 17.7. The molecule has 0 aromatic heterocycles. The molecular formula is C13H14FNO2. The molecule has 17 heavy (non-hydrogen) atoms. The quantitative estimate of drug-likeness (QED) is 0.639. The van der Waals surface area contributed by atoms with E-state index in [9.17, 15) is 9.18 Å². The number of carbonyl (C=O) groups excluding carboxylic acids is 1. The minimum absolute atomic E-state index is 0.00559. The summed E-state index contributed by atoms with van der Waals surface area (Å²) in [6.45, 7) is 2.34. The molecule has 0 aliphatic carbocycles. The highest BCUT2D eigenvalue weighted by molar-refractivity contribution is 5.72. The minimum Gasteiger partial charge on any atom is -0.465 e. The van der Waals surface area contributed by atoms with Gasteiger partial charge in [-0.15, -0.1) is 0 Å². The number of esters is 1. The van der Waals surface area contributed by atoms with Crippen molar-refractivity contribution in [3.8, 4) is 11.8 Å². The zero-order chi connectivity index (χ0) is 12.7. The molecule has 0 aliphatic heterocycles. The van der Waals surface area contributed by atoms with E-state index in [-0.39, 0.29) is 24.8 Å². The average molecular weight is 235 g/mol. The second-order valence-corrected chi connectivity index (χ2v) is 3.29. The van der Waals surface area contributed by atoms with E-state index in [0.29, 0.717) is 12.2 Å². The Morgan fingerprint density at radius 2 is 2.29 bits per heavy atom. The smallest absolute Gasteiger partial charge is 0.317 e. The van der Waals surface area contributed by atoms with E-state index >= 15 is 0 Å². The number of hydrogen-bond acceptors (Lipinski definition) is 3. The van der Waals surface area contributed by atoms with Gasteiger partial charge in [-0.2, -0.15) is 0 Å². The van der Waals surface area contributed by atoms with Gasteiger partial charge in [0.2, 0.25) is 0 Å². The molecule has 1 rings (SSSR count). The van der Waals surface area contributed by atoms with Crippen molar-refractivity contribution in [3.05, 3.63) is 35.1 Å². The fourth-order valence-corrected chi connectivity index (χ4v) is 1.27. The zero-order valence-corrected chi connectivity index (χ0v) is 9.63. The Morgan fingerprint density at radius 1 is 1.53 bits per heavy atom. The molecule has 0 atom stereocenters. The van der Waals surface area contributed by atoms with Crippen LogP contribution in [0.3, 0.4) is 0 Å². The maximum atomic E-state index is 13.0. The summed E-state index contributed by atoms with van der Waals surface area (Å²) in [7, 11) is 0. The van der Waals surface area contributed by atoms with E-state index in [1.807, 2.05) is 0 Å². The van der Waals surface area contributed by atoms with Gasteiger partial charge in [-0.05, 0) is 24.6 Å². The van der Waals surface area contributed by atoms with Crippen molar-refractivity contribution in [2.75, 3.05) is 6.61 Å². The summed E-state index contributed by atoms with van der Waals surface area (Å²) in [6, 6.07) is 4.22. The molecule has 0 amide bonds. The maximum absolute atomic E-state index is 13.0. The first kappa shape index (κ1) is 13.2. The molecule has 0 radical (unpaired) electrons. The lowest BCUT2D eigenvalue weighted by Gasteiger charge is -2.00. The van der Waals surface area contributed by atoms with Crippen LogP contribution in [0, 0.1) is 17.7 Å². The van der Waals surface area contributed by atoms with Gasteiger partial charge >= 0.3 is 5.97 Å². The summed E-state index contributed by atoms with van der Waals surface area (Å²) in [5.41, 5.74) is 6.76. The summed E-state index contributed by atoms with van der Waals surface area (Å²) in [6.07, 6.45) is -0.00559. The third-order valence-electron chi connectivity index (χ3n) is 2.05. The highest BCUT2D eigenvalue weighted by Gasteiger charge is 2.00. The standard InChI is InChI=1S/C13H14FNO2/c1-2-17-13(16)5-3-4-10-8-12(14)7-6-11(10)9-15/h6-8H,2,5,9,15H2,1H3. The minimum atomic E-state index is -0.384. The fourth-order valence-electron chi connectivity index (χ4n) is 1.27. The van der Waals surface area contributed by atoms with Gasteiger partial charge in [0.05, 0.1) is 6.61 Å². The third-order valence-corrected chi connectivity index (χ3v) is 2.05. The van der Waals surface area contributed by atoms with Gasteiger partial charge in [0.1, 0.15) is 12.2 Å². The van der Waals surface area contributed by atoms with Crippen LogP contribution in [-0.2, 0) is 16.1 Å². The van der Waals surface area contributed by atoms with Crippen LogP contribution in [-0.4, -0.2) is 12.6 Å². The highest BCUT2D eigenvalue weighted by atomic mass is 19.1. The van der Waals surface area contributed by atoms with Crippen LogP contribution in [0.2, 0.25) is 0 Å². The van der Waals surface area contributed by atoms with Crippen LogP contribution in [0.1, 0.15) is 24.5 Å². The first-order valence-electron chi connectivity index (χ1n) is 5.30. The van der Waals surface area contributed by atoms with Gasteiger partial charge in [0.15, 0.2) is 0 Å². The summed E-state index contributed by atoms with van der Waals surface area (Å²) in [4.78, 5) is 11.0. The predicted molar refractivity (Wildman–Crippen MR) is 62.4 cm³/mol. The van der Waals surface area contributed by atoms with Crippen molar-refractivity contribution in [3.63, 3.8) is 0 Å². The number of benzene rings is 1. The molecule has 0 fully saturated rings. The Labute approximate surface area is 99.8 Å². The van der Waals surface area contributed by atoms with Gasteiger partial charge in [0.25, 0.3) is 0 Å². The SMILES string of the molecule is CCOC(=O)CC#Cc1cc(F)ccc1CN. The number of nitrogens with two attached hydrogens (primary N) is 1. The second-order valence-electron chi connectivity index (χ2n) is 3.29. The zero-order valence-electron chi connectivity index (χ0n) is 9.63. The van der Waals surface area contributed by atoms with Crippen molar-refractivity contribution in [2.24, 2.45) is 5.73 Å². The van der Waals surface area contributed by atoms with Crippen molar-refractivity contribution >= 4 is 5.97 Å². The molecule has 90 valence electrons. The molecule has 0 bridgehead atoms. The predicted octanol–water partition coefficient (Wildman–Crippen LogP) is 1.59. The van der Waals surface area contributed by atoms with Crippen LogP contribution in [0.15, 0.2) is 18.2 Å². The van der Waals surface area contributed by atoms with Gasteiger partial charge < -0.3 is 10.5 Å². The first-order chi connectivity index (χ1) is 8.17. The lowest BCUT2D eigenvalue weighted by Crippen LogP contribution is -2.02. The van der Waals surface area contributed by atoms with Crippen molar-refractivity contribution in [2.45, 2.75) is 19.9 Å². The molecule has 1 aromatic rings. The summed E-state index contributed by atoms with van der Waals surface area (Å²) in [5, 5.41) is 0. The average Bonchev–Trinajstić information content (AvgIpc) is 2.30. The van der Waals surface area contributed by atoms with Gasteiger partial charge in [0, 0.05) is 12.1 Å². The van der Waals surface area contributed by atoms with E-state index in [2.05, 4.69) is 11.8 Å². The summed E-state index contributed by atoms with van der Waals surface area (Å²) in [5.74, 6) is 4.61. The highest BCUT2D eigenvalue weighted by Crippen LogP contribution is 2.09. The number of ether oxygens (including phenoxy) is 1. The first-order valence-corrected chi connectivity index (χ1v) is 5.30. The van der Waals surface area contributed by atoms with Gasteiger partial charge in [-0.1, -0.05) is 17.9 Å². The van der Waals surface area contributed by atoms with Crippen LogP contribution in [0.5, 0.6) is 0 Å². The summed E-state index contributed by atoms with van der Waals surface area (Å²) >= 11 is 0. The Balaban J connectivity index is 2.77. The number of rotatable bonds is 3. The Bertz CT molecular complexity index is 460. The molecular weight excluding hydrogens is 221 g/mol. The van der Waals surface area contributed by atoms with E-state index in [0.717, 1.165) is 5.56 Å². The maximum Gasteiger partial charge on any atom is 0.317 e. The third kappa shape index (κ3) is 4.25. The van der Waals surface area contributed by atoms with Crippen LogP contribution in [0.25, 0.3) is 0 Å². The van der Waals surface area contributed by atoms with Crippen LogP contribution in [0.4, 0.5) is 4.39 Å². The normalized spacial score (nSPS) is 9.35. The largest absolute Gasteiger partial charge is 0.465 e. The molecule has 0 spiro atoms. The Morgan fingerprint density at radius 3 is 2.94 bits per heavy atom. The molecule has 2 N–H and O–H groups in total. The number of hydrogen-bond donors (Lipinski definition) is 1. The van der Waals surface area contributed by atoms with Crippen LogP contribution < -0.4 is 5.73 Å². The van der Waals surface area contributed by atoms with Crippen LogP contribution >= 0.6 is 0 Å². The van der Waals surface area contributed by atoms with Crippen molar-refractivity contribution in [1.29, 1.82) is 0 Å². The molecule has 1 aromatic carbocycles.